The predicted molar refractivity (Wildman–Crippen MR) is 95.9 cm³/mol. The van der Waals surface area contributed by atoms with E-state index in [1.807, 2.05) is 0 Å². The molecule has 1 aromatic heterocycles. The van der Waals surface area contributed by atoms with Crippen molar-refractivity contribution in [1.82, 2.24) is 15.3 Å². The number of hydrogen-bond acceptors (Lipinski definition) is 4. The summed E-state index contributed by atoms with van der Waals surface area (Å²) in [5, 5.41) is 2.94. The van der Waals surface area contributed by atoms with Crippen LogP contribution in [0.2, 0.25) is 0 Å². The Kier molecular flexibility index (Phi) is 3.47. The molecule has 2 aliphatic heterocycles. The van der Waals surface area contributed by atoms with Crippen molar-refractivity contribution < 1.29 is 4.79 Å². The van der Waals surface area contributed by atoms with E-state index in [2.05, 4.69) is 39.5 Å². The maximum atomic E-state index is 12.4. The van der Waals surface area contributed by atoms with Crippen LogP contribution in [-0.4, -0.2) is 29.0 Å². The van der Waals surface area contributed by atoms with Gasteiger partial charge in [-0.3, -0.25) is 4.79 Å². The topological polar surface area (TPSA) is 58.1 Å². The number of nitrogens with zero attached hydrogens (tertiary/aromatic N) is 3. The zero-order valence-corrected chi connectivity index (χ0v) is 14.3. The normalized spacial score (nSPS) is 19.7. The summed E-state index contributed by atoms with van der Waals surface area (Å²) in [5.41, 5.74) is 4.46. The van der Waals surface area contributed by atoms with Gasteiger partial charge in [-0.2, -0.15) is 0 Å². The molecule has 1 saturated carbocycles. The highest BCUT2D eigenvalue weighted by atomic mass is 16.1. The summed E-state index contributed by atoms with van der Waals surface area (Å²) < 4.78 is 0. The average Bonchev–Trinajstić information content (AvgIpc) is 3.48. The smallest absolute Gasteiger partial charge is 0.270 e. The molecule has 1 N–H and O–H groups in total. The van der Waals surface area contributed by atoms with Gasteiger partial charge < -0.3 is 10.2 Å². The van der Waals surface area contributed by atoms with E-state index in [4.69, 9.17) is 4.98 Å². The highest BCUT2D eigenvalue weighted by molar-refractivity contribution is 5.96. The molecule has 0 unspecified atom stereocenters. The molecule has 2 aromatic rings. The van der Waals surface area contributed by atoms with E-state index in [0.717, 1.165) is 62.4 Å². The molecular weight excluding hydrogens is 312 g/mol. The standard InChI is InChI=1S/C20H22N4O/c25-20-17-16(9-10-21-20)19(23-18(22-17)14-7-8-14)24-11-3-6-13-4-1-2-5-15(13)12-24/h1-2,4-5,14H,3,6-12H2,(H,21,25). The number of carbonyl (C=O) groups is 1. The van der Waals surface area contributed by atoms with E-state index < -0.39 is 0 Å². The van der Waals surface area contributed by atoms with Gasteiger partial charge in [-0.1, -0.05) is 24.3 Å². The van der Waals surface area contributed by atoms with Gasteiger partial charge in [-0.25, -0.2) is 9.97 Å². The van der Waals surface area contributed by atoms with Crippen molar-refractivity contribution in [2.45, 2.75) is 44.6 Å². The molecular formula is C20H22N4O. The van der Waals surface area contributed by atoms with Gasteiger partial charge in [0.25, 0.3) is 5.91 Å². The number of benzene rings is 1. The number of rotatable bonds is 2. The molecule has 1 aromatic carbocycles. The highest BCUT2D eigenvalue weighted by Gasteiger charge is 2.32. The quantitative estimate of drug-likeness (QED) is 0.917. The summed E-state index contributed by atoms with van der Waals surface area (Å²) in [7, 11) is 0. The Hall–Kier alpha value is -2.43. The number of hydrogen-bond donors (Lipinski definition) is 1. The van der Waals surface area contributed by atoms with Gasteiger partial charge in [-0.05, 0) is 43.2 Å². The molecule has 1 aliphatic carbocycles. The number of fused-ring (bicyclic) bond motifs is 2. The van der Waals surface area contributed by atoms with Crippen molar-refractivity contribution in [2.24, 2.45) is 0 Å². The largest absolute Gasteiger partial charge is 0.352 e. The predicted octanol–water partition coefficient (Wildman–Crippen LogP) is 2.59. The van der Waals surface area contributed by atoms with Crippen LogP contribution in [0.3, 0.4) is 0 Å². The first kappa shape index (κ1) is 14.9. The van der Waals surface area contributed by atoms with E-state index in [1.54, 1.807) is 0 Å². The second-order valence-electron chi connectivity index (χ2n) is 7.31. The van der Waals surface area contributed by atoms with Gasteiger partial charge in [0, 0.05) is 31.1 Å². The Morgan fingerprint density at radius 3 is 2.76 bits per heavy atom. The lowest BCUT2D eigenvalue weighted by molar-refractivity contribution is 0.0940. The molecule has 0 radical (unpaired) electrons. The van der Waals surface area contributed by atoms with Crippen molar-refractivity contribution in [3.63, 3.8) is 0 Å². The van der Waals surface area contributed by atoms with Crippen LogP contribution in [0.4, 0.5) is 5.82 Å². The molecule has 0 spiro atoms. The maximum Gasteiger partial charge on any atom is 0.270 e. The summed E-state index contributed by atoms with van der Waals surface area (Å²) in [6, 6.07) is 8.69. The Morgan fingerprint density at radius 2 is 1.92 bits per heavy atom. The first-order chi connectivity index (χ1) is 12.3. The first-order valence-electron chi connectivity index (χ1n) is 9.30. The fourth-order valence-corrected chi connectivity index (χ4v) is 3.96. The van der Waals surface area contributed by atoms with Crippen molar-refractivity contribution >= 4 is 11.7 Å². The molecule has 1 amide bonds. The third kappa shape index (κ3) is 2.68. The molecule has 0 bridgehead atoms. The Bertz CT molecular complexity index is 844. The molecule has 3 aliphatic rings. The molecule has 5 rings (SSSR count). The molecule has 128 valence electrons. The van der Waals surface area contributed by atoms with Crippen LogP contribution < -0.4 is 10.2 Å². The lowest BCUT2D eigenvalue weighted by Gasteiger charge is -2.28. The zero-order chi connectivity index (χ0) is 16.8. The summed E-state index contributed by atoms with van der Waals surface area (Å²) in [6.07, 6.45) is 5.32. The van der Waals surface area contributed by atoms with E-state index in [1.165, 1.54) is 11.1 Å². The van der Waals surface area contributed by atoms with Crippen molar-refractivity contribution in [1.29, 1.82) is 0 Å². The molecule has 25 heavy (non-hydrogen) atoms. The molecule has 0 atom stereocenters. The van der Waals surface area contributed by atoms with Crippen molar-refractivity contribution in [3.8, 4) is 0 Å². The molecule has 0 saturated heterocycles. The molecule has 1 fully saturated rings. The van der Waals surface area contributed by atoms with Crippen LogP contribution in [0.5, 0.6) is 0 Å². The minimum Gasteiger partial charge on any atom is -0.352 e. The summed E-state index contributed by atoms with van der Waals surface area (Å²) in [6.45, 7) is 2.52. The van der Waals surface area contributed by atoms with Crippen LogP contribution in [-0.2, 0) is 19.4 Å². The van der Waals surface area contributed by atoms with E-state index in [9.17, 15) is 4.79 Å². The highest BCUT2D eigenvalue weighted by Crippen LogP contribution is 2.40. The molecule has 5 heteroatoms. The number of aryl methyl sites for hydroxylation is 1. The van der Waals surface area contributed by atoms with Gasteiger partial charge in [0.1, 0.15) is 17.3 Å². The number of amides is 1. The summed E-state index contributed by atoms with van der Waals surface area (Å²) in [5.74, 6) is 2.27. The molecule has 5 nitrogen and oxygen atoms in total. The first-order valence-corrected chi connectivity index (χ1v) is 9.30. The summed E-state index contributed by atoms with van der Waals surface area (Å²) in [4.78, 5) is 24.3. The van der Waals surface area contributed by atoms with Gasteiger partial charge >= 0.3 is 0 Å². The van der Waals surface area contributed by atoms with Gasteiger partial charge in [0.2, 0.25) is 0 Å². The van der Waals surface area contributed by atoms with E-state index in [-0.39, 0.29) is 5.91 Å². The number of aromatic nitrogens is 2. The fraction of sp³-hybridized carbons (Fsp3) is 0.450. The second-order valence-corrected chi connectivity index (χ2v) is 7.31. The third-order valence-corrected chi connectivity index (χ3v) is 5.47. The fourth-order valence-electron chi connectivity index (χ4n) is 3.96. The van der Waals surface area contributed by atoms with Gasteiger partial charge in [-0.15, -0.1) is 0 Å². The van der Waals surface area contributed by atoms with Crippen LogP contribution in [0.1, 0.15) is 58.2 Å². The van der Waals surface area contributed by atoms with Crippen molar-refractivity contribution in [3.05, 3.63) is 52.5 Å². The van der Waals surface area contributed by atoms with Gasteiger partial charge in [0.05, 0.1) is 0 Å². The Morgan fingerprint density at radius 1 is 1.08 bits per heavy atom. The van der Waals surface area contributed by atoms with Crippen LogP contribution in [0.15, 0.2) is 24.3 Å². The van der Waals surface area contributed by atoms with Crippen LogP contribution in [0, 0.1) is 0 Å². The summed E-state index contributed by atoms with van der Waals surface area (Å²) >= 11 is 0. The molecule has 3 heterocycles. The number of nitrogens with one attached hydrogen (secondary N) is 1. The SMILES string of the molecule is O=C1NCCc2c1nc(C1CC1)nc2N1CCCc2ccccc2C1. The van der Waals surface area contributed by atoms with Crippen LogP contribution >= 0.6 is 0 Å². The third-order valence-electron chi connectivity index (χ3n) is 5.47. The lowest BCUT2D eigenvalue weighted by Crippen LogP contribution is -2.36. The van der Waals surface area contributed by atoms with Crippen LogP contribution in [0.25, 0.3) is 0 Å². The average molecular weight is 334 g/mol. The zero-order valence-electron chi connectivity index (χ0n) is 14.3. The second kappa shape index (κ2) is 5.83. The van der Waals surface area contributed by atoms with E-state index >= 15 is 0 Å². The Labute approximate surface area is 147 Å². The lowest BCUT2D eigenvalue weighted by atomic mass is 10.0. The van der Waals surface area contributed by atoms with E-state index in [0.29, 0.717) is 18.2 Å². The minimum atomic E-state index is -0.0398. The van der Waals surface area contributed by atoms with Gasteiger partial charge in [0.15, 0.2) is 0 Å². The maximum absolute atomic E-state index is 12.4. The van der Waals surface area contributed by atoms with Crippen molar-refractivity contribution in [2.75, 3.05) is 18.0 Å². The Balaban J connectivity index is 1.60. The monoisotopic (exact) mass is 334 g/mol. The minimum absolute atomic E-state index is 0.0398. The number of anilines is 1. The number of carbonyl (C=O) groups excluding carboxylic acids is 1.